The largest absolute Gasteiger partial charge is 0.493 e. The summed E-state index contributed by atoms with van der Waals surface area (Å²) < 4.78 is 11.7. The lowest BCUT2D eigenvalue weighted by molar-refractivity contribution is -0.145. The quantitative estimate of drug-likeness (QED) is 0.865. The van der Waals surface area contributed by atoms with Gasteiger partial charge in [-0.15, -0.1) is 0 Å². The first kappa shape index (κ1) is 15.4. The van der Waals surface area contributed by atoms with Gasteiger partial charge in [0.15, 0.2) is 17.6 Å². The SMILES string of the molecule is COc1ccccc1O[C@H](Cc1ccc(Br)cc1)C(=O)O. The lowest BCUT2D eigenvalue weighted by Gasteiger charge is -2.17. The van der Waals surface area contributed by atoms with Crippen molar-refractivity contribution in [1.29, 1.82) is 0 Å². The minimum Gasteiger partial charge on any atom is -0.493 e. The standard InChI is InChI=1S/C16H15BrO4/c1-20-13-4-2-3-5-14(13)21-15(16(18)19)10-11-6-8-12(17)9-7-11/h2-9,15H,10H2,1H3,(H,18,19)/t15-/m1/s1. The number of aliphatic carboxylic acids is 1. The van der Waals surface area contributed by atoms with Gasteiger partial charge in [0.2, 0.25) is 0 Å². The Morgan fingerprint density at radius 2 is 1.76 bits per heavy atom. The number of carbonyl (C=O) groups is 1. The molecule has 4 nitrogen and oxygen atoms in total. The smallest absolute Gasteiger partial charge is 0.345 e. The zero-order valence-corrected chi connectivity index (χ0v) is 13.0. The van der Waals surface area contributed by atoms with E-state index < -0.39 is 12.1 Å². The average molecular weight is 351 g/mol. The number of rotatable bonds is 6. The van der Waals surface area contributed by atoms with Crippen LogP contribution in [-0.2, 0) is 11.2 Å². The van der Waals surface area contributed by atoms with Crippen LogP contribution >= 0.6 is 15.9 Å². The van der Waals surface area contributed by atoms with Crippen molar-refractivity contribution < 1.29 is 19.4 Å². The molecule has 110 valence electrons. The highest BCUT2D eigenvalue weighted by Gasteiger charge is 2.21. The summed E-state index contributed by atoms with van der Waals surface area (Å²) in [6.07, 6.45) is -0.691. The van der Waals surface area contributed by atoms with Crippen molar-refractivity contribution in [1.82, 2.24) is 0 Å². The first-order chi connectivity index (χ1) is 10.1. The van der Waals surface area contributed by atoms with Gasteiger partial charge < -0.3 is 14.6 Å². The Kier molecular flexibility index (Phi) is 5.22. The molecule has 2 aromatic rings. The monoisotopic (exact) mass is 350 g/mol. The topological polar surface area (TPSA) is 55.8 Å². The van der Waals surface area contributed by atoms with E-state index in [-0.39, 0.29) is 6.42 Å². The minimum atomic E-state index is -1.01. The predicted molar refractivity (Wildman–Crippen MR) is 82.9 cm³/mol. The number of hydrogen-bond acceptors (Lipinski definition) is 3. The van der Waals surface area contributed by atoms with E-state index in [1.165, 1.54) is 7.11 Å². The highest BCUT2D eigenvalue weighted by Crippen LogP contribution is 2.27. The fourth-order valence-corrected chi connectivity index (χ4v) is 2.15. The molecule has 0 fully saturated rings. The van der Waals surface area contributed by atoms with Crippen LogP contribution in [0.15, 0.2) is 53.0 Å². The Bertz CT molecular complexity index is 610. The molecule has 2 aromatic carbocycles. The molecule has 5 heteroatoms. The second-order valence-electron chi connectivity index (χ2n) is 4.43. The Labute approximate surface area is 131 Å². The molecule has 0 aliphatic rings. The fourth-order valence-electron chi connectivity index (χ4n) is 1.88. The van der Waals surface area contributed by atoms with Crippen molar-refractivity contribution in [2.45, 2.75) is 12.5 Å². The summed E-state index contributed by atoms with van der Waals surface area (Å²) >= 11 is 3.35. The van der Waals surface area contributed by atoms with E-state index in [9.17, 15) is 9.90 Å². The van der Waals surface area contributed by atoms with E-state index in [4.69, 9.17) is 9.47 Å². The van der Waals surface area contributed by atoms with E-state index in [0.717, 1.165) is 10.0 Å². The first-order valence-corrected chi connectivity index (χ1v) is 7.16. The second-order valence-corrected chi connectivity index (χ2v) is 5.34. The van der Waals surface area contributed by atoms with Crippen molar-refractivity contribution in [2.24, 2.45) is 0 Å². The van der Waals surface area contributed by atoms with Crippen molar-refractivity contribution in [3.05, 3.63) is 58.6 Å². The van der Waals surface area contributed by atoms with E-state index in [2.05, 4.69) is 15.9 Å². The summed E-state index contributed by atoms with van der Waals surface area (Å²) in [6, 6.07) is 14.5. The summed E-state index contributed by atoms with van der Waals surface area (Å²) in [4.78, 5) is 11.4. The van der Waals surface area contributed by atoms with Crippen LogP contribution < -0.4 is 9.47 Å². The first-order valence-electron chi connectivity index (χ1n) is 6.37. The fraction of sp³-hybridized carbons (Fsp3) is 0.188. The maximum Gasteiger partial charge on any atom is 0.345 e. The lowest BCUT2D eigenvalue weighted by atomic mass is 10.1. The number of carboxylic acid groups (broad SMARTS) is 1. The van der Waals surface area contributed by atoms with Crippen molar-refractivity contribution >= 4 is 21.9 Å². The van der Waals surface area contributed by atoms with Gasteiger partial charge in [-0.3, -0.25) is 0 Å². The number of ether oxygens (including phenoxy) is 2. The lowest BCUT2D eigenvalue weighted by Crippen LogP contribution is -2.29. The number of methoxy groups -OCH3 is 1. The molecule has 21 heavy (non-hydrogen) atoms. The van der Waals surface area contributed by atoms with Crippen LogP contribution in [0.1, 0.15) is 5.56 Å². The molecule has 0 saturated heterocycles. The van der Waals surface area contributed by atoms with Gasteiger partial charge in [0.05, 0.1) is 7.11 Å². The molecule has 0 aliphatic heterocycles. The van der Waals surface area contributed by atoms with E-state index in [0.29, 0.717) is 11.5 Å². The van der Waals surface area contributed by atoms with Crippen molar-refractivity contribution in [3.8, 4) is 11.5 Å². The van der Waals surface area contributed by atoms with E-state index in [1.807, 2.05) is 24.3 Å². The average Bonchev–Trinajstić information content (AvgIpc) is 2.49. The third-order valence-electron chi connectivity index (χ3n) is 2.95. The van der Waals surface area contributed by atoms with E-state index >= 15 is 0 Å². The summed E-state index contributed by atoms with van der Waals surface area (Å²) in [5.74, 6) is -0.0760. The summed E-state index contributed by atoms with van der Waals surface area (Å²) in [5, 5.41) is 9.34. The van der Waals surface area contributed by atoms with Crippen LogP contribution in [0.2, 0.25) is 0 Å². The maximum absolute atomic E-state index is 11.4. The summed E-state index contributed by atoms with van der Waals surface area (Å²) in [5.41, 5.74) is 0.889. The number of carboxylic acids is 1. The molecule has 0 bridgehead atoms. The van der Waals surface area contributed by atoms with Crippen LogP contribution in [-0.4, -0.2) is 24.3 Å². The van der Waals surface area contributed by atoms with Gasteiger partial charge in [-0.05, 0) is 29.8 Å². The normalized spacial score (nSPS) is 11.7. The second kappa shape index (κ2) is 7.13. The van der Waals surface area contributed by atoms with Gasteiger partial charge in [-0.1, -0.05) is 40.2 Å². The van der Waals surface area contributed by atoms with Crippen LogP contribution in [0.5, 0.6) is 11.5 Å². The molecule has 0 spiro atoms. The molecule has 1 N–H and O–H groups in total. The Balaban J connectivity index is 2.16. The Hall–Kier alpha value is -2.01. The van der Waals surface area contributed by atoms with Crippen LogP contribution in [0, 0.1) is 0 Å². The minimum absolute atomic E-state index is 0.278. The predicted octanol–water partition coefficient (Wildman–Crippen LogP) is 3.53. The Morgan fingerprint density at radius 3 is 2.33 bits per heavy atom. The highest BCUT2D eigenvalue weighted by molar-refractivity contribution is 9.10. The molecule has 0 saturated carbocycles. The number of halogens is 1. The molecule has 0 heterocycles. The molecule has 0 amide bonds. The number of para-hydroxylation sites is 2. The molecule has 0 aromatic heterocycles. The van der Waals surface area contributed by atoms with Gasteiger partial charge in [0, 0.05) is 10.9 Å². The molecule has 0 unspecified atom stereocenters. The zero-order valence-electron chi connectivity index (χ0n) is 11.5. The summed E-state index contributed by atoms with van der Waals surface area (Å²) in [6.45, 7) is 0. The number of hydrogen-bond donors (Lipinski definition) is 1. The molecule has 0 aliphatic carbocycles. The van der Waals surface area contributed by atoms with Gasteiger partial charge in [0.1, 0.15) is 0 Å². The van der Waals surface area contributed by atoms with Gasteiger partial charge in [-0.2, -0.15) is 0 Å². The van der Waals surface area contributed by atoms with E-state index in [1.54, 1.807) is 24.3 Å². The van der Waals surface area contributed by atoms with Crippen LogP contribution in [0.4, 0.5) is 0 Å². The highest BCUT2D eigenvalue weighted by atomic mass is 79.9. The number of benzene rings is 2. The maximum atomic E-state index is 11.4. The van der Waals surface area contributed by atoms with Crippen molar-refractivity contribution in [3.63, 3.8) is 0 Å². The van der Waals surface area contributed by atoms with Gasteiger partial charge >= 0.3 is 5.97 Å². The third kappa shape index (κ3) is 4.23. The Morgan fingerprint density at radius 1 is 1.14 bits per heavy atom. The van der Waals surface area contributed by atoms with Crippen molar-refractivity contribution in [2.75, 3.05) is 7.11 Å². The molecular weight excluding hydrogens is 336 g/mol. The molecule has 1 atom stereocenters. The van der Waals surface area contributed by atoms with Crippen LogP contribution in [0.25, 0.3) is 0 Å². The molecule has 2 rings (SSSR count). The molecular formula is C16H15BrO4. The molecule has 0 radical (unpaired) electrons. The zero-order chi connectivity index (χ0) is 15.2. The van der Waals surface area contributed by atoms with Gasteiger partial charge in [0.25, 0.3) is 0 Å². The van der Waals surface area contributed by atoms with Crippen LogP contribution in [0.3, 0.4) is 0 Å². The summed E-state index contributed by atoms with van der Waals surface area (Å²) in [7, 11) is 1.52. The third-order valence-corrected chi connectivity index (χ3v) is 3.48. The van der Waals surface area contributed by atoms with Gasteiger partial charge in [-0.25, -0.2) is 4.79 Å².